The Morgan fingerprint density at radius 2 is 2.21 bits per heavy atom. The number of alkyl halides is 3. The quantitative estimate of drug-likeness (QED) is 0.524. The van der Waals surface area contributed by atoms with Crippen molar-refractivity contribution in [2.24, 2.45) is 16.6 Å². The van der Waals surface area contributed by atoms with E-state index in [1.807, 2.05) is 6.07 Å². The van der Waals surface area contributed by atoms with E-state index in [9.17, 15) is 18.0 Å². The molecule has 0 spiro atoms. The Kier molecular flexibility index (Phi) is 5.95. The summed E-state index contributed by atoms with van der Waals surface area (Å²) in [7, 11) is 0. The first-order chi connectivity index (χ1) is 13.8. The van der Waals surface area contributed by atoms with Gasteiger partial charge in [0.15, 0.2) is 0 Å². The minimum Gasteiger partial charge on any atom is -0.386 e. The molecule has 1 unspecified atom stereocenters. The molecular formula is C20H20F3N5O. The molecule has 4 N–H and O–H groups in total. The van der Waals surface area contributed by atoms with Crippen molar-refractivity contribution in [3.05, 3.63) is 47.7 Å². The van der Waals surface area contributed by atoms with Crippen molar-refractivity contribution in [1.29, 1.82) is 5.41 Å². The standard InChI is InChI=1S/C20H20F3N5O/c21-20(22,23)15-6-4-12(5-7-15)16-3-1-2-13-8-14(9-26-18(13)16)19(29)27-10-17(25)28-11-24/h1-4,8-9,11,15H,5-7,10H2,(H,27,29)(H3,24,25,28). The van der Waals surface area contributed by atoms with Crippen molar-refractivity contribution in [1.82, 2.24) is 10.3 Å². The average Bonchev–Trinajstić information content (AvgIpc) is 2.71. The first-order valence-electron chi connectivity index (χ1n) is 9.03. The van der Waals surface area contributed by atoms with Crippen LogP contribution in [0.25, 0.3) is 16.5 Å². The van der Waals surface area contributed by atoms with E-state index in [2.05, 4.69) is 15.3 Å². The normalized spacial score (nSPS) is 17.7. The summed E-state index contributed by atoms with van der Waals surface area (Å²) in [6.07, 6.45) is 0.0426. The first-order valence-corrected chi connectivity index (χ1v) is 9.03. The summed E-state index contributed by atoms with van der Waals surface area (Å²) in [4.78, 5) is 20.2. The number of benzene rings is 1. The number of rotatable bonds is 5. The Hall–Kier alpha value is -3.23. The Balaban J connectivity index is 1.82. The molecule has 0 aliphatic heterocycles. The Bertz CT molecular complexity index is 997. The minimum absolute atomic E-state index is 0.000448. The fraction of sp³-hybridized carbons (Fsp3) is 0.300. The van der Waals surface area contributed by atoms with Crippen molar-refractivity contribution in [2.75, 3.05) is 6.54 Å². The molecule has 1 aliphatic carbocycles. The molecule has 152 valence electrons. The van der Waals surface area contributed by atoms with E-state index in [0.717, 1.165) is 22.9 Å². The molecule has 0 saturated carbocycles. The maximum Gasteiger partial charge on any atom is 0.392 e. The molecule has 0 bridgehead atoms. The van der Waals surface area contributed by atoms with E-state index < -0.39 is 18.0 Å². The lowest BCUT2D eigenvalue weighted by molar-refractivity contribution is -0.175. The van der Waals surface area contributed by atoms with Crippen LogP contribution in [0.1, 0.15) is 35.2 Å². The first kappa shape index (κ1) is 20.5. The van der Waals surface area contributed by atoms with Crippen LogP contribution in [-0.2, 0) is 0 Å². The number of nitrogens with zero attached hydrogens (tertiary/aromatic N) is 2. The Morgan fingerprint density at radius 1 is 1.41 bits per heavy atom. The number of carbonyl (C=O) groups excluding carboxylic acids is 1. The predicted molar refractivity (Wildman–Crippen MR) is 106 cm³/mol. The maximum atomic E-state index is 12.9. The molecule has 1 heterocycles. The third-order valence-electron chi connectivity index (χ3n) is 4.85. The summed E-state index contributed by atoms with van der Waals surface area (Å²) in [5, 5.41) is 10.2. The third-order valence-corrected chi connectivity index (χ3v) is 4.85. The molecule has 1 aromatic heterocycles. The highest BCUT2D eigenvalue weighted by molar-refractivity contribution is 6.01. The average molecular weight is 403 g/mol. The van der Waals surface area contributed by atoms with Gasteiger partial charge in [-0.1, -0.05) is 24.3 Å². The number of halogens is 3. The number of fused-ring (bicyclic) bond motifs is 1. The summed E-state index contributed by atoms with van der Waals surface area (Å²) >= 11 is 0. The number of allylic oxidation sites excluding steroid dienone is 2. The number of nitrogens with one attached hydrogen (secondary N) is 2. The molecule has 0 saturated heterocycles. The fourth-order valence-corrected chi connectivity index (χ4v) is 3.32. The topological polar surface area (TPSA) is 104 Å². The minimum atomic E-state index is -4.17. The van der Waals surface area contributed by atoms with Gasteiger partial charge in [0, 0.05) is 17.1 Å². The van der Waals surface area contributed by atoms with Crippen molar-refractivity contribution in [3.63, 3.8) is 0 Å². The molecule has 3 rings (SSSR count). The van der Waals surface area contributed by atoms with E-state index in [4.69, 9.17) is 11.1 Å². The number of amides is 1. The molecule has 0 fully saturated rings. The van der Waals surface area contributed by atoms with Crippen LogP contribution in [0.5, 0.6) is 0 Å². The smallest absolute Gasteiger partial charge is 0.386 e. The van der Waals surface area contributed by atoms with Gasteiger partial charge >= 0.3 is 6.18 Å². The number of para-hydroxylation sites is 1. The highest BCUT2D eigenvalue weighted by Crippen LogP contribution is 2.40. The number of hydrogen-bond donors (Lipinski definition) is 3. The monoisotopic (exact) mass is 403 g/mol. The van der Waals surface area contributed by atoms with Crippen LogP contribution in [-0.4, -0.2) is 35.8 Å². The second kappa shape index (κ2) is 8.42. The van der Waals surface area contributed by atoms with E-state index in [-0.39, 0.29) is 25.2 Å². The van der Waals surface area contributed by atoms with Gasteiger partial charge in [0.2, 0.25) is 0 Å². The zero-order valence-electron chi connectivity index (χ0n) is 15.5. The van der Waals surface area contributed by atoms with Crippen LogP contribution >= 0.6 is 0 Å². The van der Waals surface area contributed by atoms with Gasteiger partial charge in [-0.3, -0.25) is 15.2 Å². The van der Waals surface area contributed by atoms with Crippen LogP contribution in [0.2, 0.25) is 0 Å². The van der Waals surface area contributed by atoms with Crippen molar-refractivity contribution in [3.8, 4) is 0 Å². The summed E-state index contributed by atoms with van der Waals surface area (Å²) in [5.41, 5.74) is 8.14. The van der Waals surface area contributed by atoms with E-state index in [0.29, 0.717) is 17.5 Å². The number of amidine groups is 1. The van der Waals surface area contributed by atoms with Crippen LogP contribution in [0.4, 0.5) is 13.2 Å². The Morgan fingerprint density at radius 3 is 2.86 bits per heavy atom. The van der Waals surface area contributed by atoms with Gasteiger partial charge < -0.3 is 11.1 Å². The number of pyridine rings is 1. The number of hydrogen-bond acceptors (Lipinski definition) is 3. The van der Waals surface area contributed by atoms with Crippen molar-refractivity contribution in [2.45, 2.75) is 25.4 Å². The van der Waals surface area contributed by atoms with E-state index in [1.54, 1.807) is 24.3 Å². The largest absolute Gasteiger partial charge is 0.392 e. The highest BCUT2D eigenvalue weighted by Gasteiger charge is 2.39. The lowest BCUT2D eigenvalue weighted by Crippen LogP contribution is -2.33. The number of aliphatic imine (C=N–C) groups is 1. The van der Waals surface area contributed by atoms with Crippen LogP contribution in [0.15, 0.2) is 41.5 Å². The van der Waals surface area contributed by atoms with Gasteiger partial charge in [-0.25, -0.2) is 4.99 Å². The summed E-state index contributed by atoms with van der Waals surface area (Å²) < 4.78 is 38.7. The van der Waals surface area contributed by atoms with Crippen molar-refractivity contribution < 1.29 is 18.0 Å². The zero-order valence-corrected chi connectivity index (χ0v) is 15.5. The molecule has 1 aliphatic rings. The molecular weight excluding hydrogens is 383 g/mol. The predicted octanol–water partition coefficient (Wildman–Crippen LogP) is 3.67. The van der Waals surface area contributed by atoms with Crippen LogP contribution < -0.4 is 11.1 Å². The van der Waals surface area contributed by atoms with Gasteiger partial charge in [0.1, 0.15) is 12.2 Å². The van der Waals surface area contributed by atoms with E-state index in [1.165, 1.54) is 6.20 Å². The molecule has 1 aromatic carbocycles. The second-order valence-corrected chi connectivity index (χ2v) is 6.78. The van der Waals surface area contributed by atoms with Gasteiger partial charge in [0.05, 0.1) is 23.5 Å². The molecule has 9 heteroatoms. The van der Waals surface area contributed by atoms with Crippen LogP contribution in [0, 0.1) is 11.3 Å². The summed E-state index contributed by atoms with van der Waals surface area (Å²) in [6, 6.07) is 7.11. The second-order valence-electron chi connectivity index (χ2n) is 6.78. The molecule has 1 amide bonds. The van der Waals surface area contributed by atoms with Gasteiger partial charge in [-0.05, 0) is 30.9 Å². The van der Waals surface area contributed by atoms with Gasteiger partial charge in [0.25, 0.3) is 5.91 Å². The van der Waals surface area contributed by atoms with Crippen LogP contribution in [0.3, 0.4) is 0 Å². The van der Waals surface area contributed by atoms with E-state index >= 15 is 0 Å². The number of aromatic nitrogens is 1. The van der Waals surface area contributed by atoms with Crippen molar-refractivity contribution >= 4 is 34.6 Å². The SMILES string of the molecule is N=CN=C(N)CNC(=O)c1cnc2c(C3=CCC(C(F)(F)F)CC3)cccc2c1. The van der Waals surface area contributed by atoms with Gasteiger partial charge in [-0.15, -0.1) is 0 Å². The molecule has 1 atom stereocenters. The maximum absolute atomic E-state index is 12.9. The lowest BCUT2D eigenvalue weighted by Gasteiger charge is -2.24. The summed E-state index contributed by atoms with van der Waals surface area (Å²) in [6.45, 7) is -0.000448. The molecule has 29 heavy (non-hydrogen) atoms. The lowest BCUT2D eigenvalue weighted by atomic mass is 9.85. The molecule has 0 radical (unpaired) electrons. The van der Waals surface area contributed by atoms with Gasteiger partial charge in [-0.2, -0.15) is 13.2 Å². The summed E-state index contributed by atoms with van der Waals surface area (Å²) in [5.74, 6) is -1.59. The molecule has 6 nitrogen and oxygen atoms in total. The fourth-order valence-electron chi connectivity index (χ4n) is 3.32. The number of carbonyl (C=O) groups is 1. The molecule has 2 aromatic rings. The third kappa shape index (κ3) is 4.79. The Labute approximate surface area is 165 Å². The zero-order chi connectivity index (χ0) is 21.0. The highest BCUT2D eigenvalue weighted by atomic mass is 19.4. The number of nitrogens with two attached hydrogens (primary N) is 1.